The number of carboxylic acid groups (broad SMARTS) is 1. The van der Waals surface area contributed by atoms with E-state index in [1.807, 2.05) is 6.92 Å². The van der Waals surface area contributed by atoms with Gasteiger partial charge in [-0.05, 0) is 26.2 Å². The normalized spacial score (nSPS) is 33.0. The number of hydrogen-bond acceptors (Lipinski definition) is 4. The van der Waals surface area contributed by atoms with Crippen molar-refractivity contribution in [1.29, 1.82) is 0 Å². The topological polar surface area (TPSA) is 96.9 Å². The number of carbonyl (C=O) groups is 2. The SMILES string of the molecule is CCOC1COCCC1NC(=O)NC1CC(C(=O)O)C1. The summed E-state index contributed by atoms with van der Waals surface area (Å²) >= 11 is 0. The van der Waals surface area contributed by atoms with E-state index in [-0.39, 0.29) is 30.1 Å². The lowest BCUT2D eigenvalue weighted by molar-refractivity contribution is -0.145. The Hall–Kier alpha value is -1.34. The fourth-order valence-electron chi connectivity index (χ4n) is 2.59. The molecule has 0 spiro atoms. The second-order valence-electron chi connectivity index (χ2n) is 5.29. The van der Waals surface area contributed by atoms with Gasteiger partial charge in [-0.3, -0.25) is 4.79 Å². The van der Waals surface area contributed by atoms with Crippen LogP contribution >= 0.6 is 0 Å². The third-order valence-electron chi connectivity index (χ3n) is 3.82. The molecule has 0 radical (unpaired) electrons. The standard InChI is InChI=1S/C13H22N2O5/c1-2-20-11-7-19-4-3-10(11)15-13(18)14-9-5-8(6-9)12(16)17/h8-11H,2-7H2,1H3,(H,16,17)(H2,14,15,18). The van der Waals surface area contributed by atoms with Gasteiger partial charge in [0.25, 0.3) is 0 Å². The van der Waals surface area contributed by atoms with Crippen LogP contribution in [0.2, 0.25) is 0 Å². The minimum absolute atomic E-state index is 0.0403. The van der Waals surface area contributed by atoms with Crippen molar-refractivity contribution in [3.8, 4) is 0 Å². The van der Waals surface area contributed by atoms with E-state index in [0.717, 1.165) is 6.42 Å². The molecule has 7 heteroatoms. The van der Waals surface area contributed by atoms with Crippen molar-refractivity contribution in [3.05, 3.63) is 0 Å². The maximum absolute atomic E-state index is 11.9. The van der Waals surface area contributed by atoms with Gasteiger partial charge in [0.1, 0.15) is 6.10 Å². The zero-order valence-electron chi connectivity index (χ0n) is 11.6. The second-order valence-corrected chi connectivity index (χ2v) is 5.29. The van der Waals surface area contributed by atoms with Crippen LogP contribution in [0.15, 0.2) is 0 Å². The van der Waals surface area contributed by atoms with Crippen molar-refractivity contribution in [2.75, 3.05) is 19.8 Å². The number of carbonyl (C=O) groups excluding carboxylic acids is 1. The lowest BCUT2D eigenvalue weighted by atomic mass is 9.80. The summed E-state index contributed by atoms with van der Waals surface area (Å²) in [6.45, 7) is 3.59. The summed E-state index contributed by atoms with van der Waals surface area (Å²) in [7, 11) is 0. The molecule has 20 heavy (non-hydrogen) atoms. The number of ether oxygens (including phenoxy) is 2. The summed E-state index contributed by atoms with van der Waals surface area (Å²) in [6.07, 6.45) is 1.62. The summed E-state index contributed by atoms with van der Waals surface area (Å²) in [5.41, 5.74) is 0. The molecule has 2 rings (SSSR count). The molecule has 1 saturated heterocycles. The quantitative estimate of drug-likeness (QED) is 0.677. The Morgan fingerprint density at radius 1 is 1.35 bits per heavy atom. The Balaban J connectivity index is 1.72. The smallest absolute Gasteiger partial charge is 0.315 e. The number of amides is 2. The fourth-order valence-corrected chi connectivity index (χ4v) is 2.59. The Morgan fingerprint density at radius 3 is 2.75 bits per heavy atom. The molecule has 0 bridgehead atoms. The molecule has 2 amide bonds. The molecule has 3 N–H and O–H groups in total. The predicted molar refractivity (Wildman–Crippen MR) is 70.5 cm³/mol. The first kappa shape index (κ1) is 15.1. The van der Waals surface area contributed by atoms with E-state index in [9.17, 15) is 9.59 Å². The number of rotatable bonds is 5. The maximum Gasteiger partial charge on any atom is 0.315 e. The van der Waals surface area contributed by atoms with Crippen LogP contribution in [0.5, 0.6) is 0 Å². The van der Waals surface area contributed by atoms with Gasteiger partial charge in [0.15, 0.2) is 0 Å². The molecule has 1 aliphatic heterocycles. The summed E-state index contributed by atoms with van der Waals surface area (Å²) in [4.78, 5) is 22.6. The van der Waals surface area contributed by atoms with Gasteiger partial charge in [-0.1, -0.05) is 0 Å². The molecule has 7 nitrogen and oxygen atoms in total. The second kappa shape index (κ2) is 6.90. The van der Waals surface area contributed by atoms with Gasteiger partial charge in [0.05, 0.1) is 18.6 Å². The van der Waals surface area contributed by atoms with Gasteiger partial charge in [0, 0.05) is 19.3 Å². The van der Waals surface area contributed by atoms with Gasteiger partial charge in [0.2, 0.25) is 0 Å². The third kappa shape index (κ3) is 3.83. The van der Waals surface area contributed by atoms with Crippen LogP contribution in [0.25, 0.3) is 0 Å². The summed E-state index contributed by atoms with van der Waals surface area (Å²) in [6, 6.07) is -0.351. The molecular weight excluding hydrogens is 264 g/mol. The lowest BCUT2D eigenvalue weighted by Gasteiger charge is -2.35. The Morgan fingerprint density at radius 2 is 2.10 bits per heavy atom. The number of hydrogen-bond donors (Lipinski definition) is 3. The van der Waals surface area contributed by atoms with Crippen LogP contribution in [0, 0.1) is 5.92 Å². The van der Waals surface area contributed by atoms with Crippen LogP contribution in [-0.2, 0) is 14.3 Å². The van der Waals surface area contributed by atoms with Crippen LogP contribution in [0.3, 0.4) is 0 Å². The van der Waals surface area contributed by atoms with Crippen LogP contribution in [0.1, 0.15) is 26.2 Å². The van der Waals surface area contributed by atoms with Crippen molar-refractivity contribution in [1.82, 2.24) is 10.6 Å². The van der Waals surface area contributed by atoms with Gasteiger partial charge < -0.3 is 25.2 Å². The maximum atomic E-state index is 11.9. The molecule has 0 aromatic carbocycles. The van der Waals surface area contributed by atoms with Crippen LogP contribution in [-0.4, -0.2) is 55.1 Å². The molecular formula is C13H22N2O5. The highest BCUT2D eigenvalue weighted by Gasteiger charge is 2.36. The molecule has 1 saturated carbocycles. The molecule has 2 unspecified atom stereocenters. The number of carboxylic acids is 1. The molecule has 0 aromatic rings. The monoisotopic (exact) mass is 286 g/mol. The average Bonchev–Trinajstić information content (AvgIpc) is 2.35. The van der Waals surface area contributed by atoms with E-state index in [1.54, 1.807) is 0 Å². The van der Waals surface area contributed by atoms with Crippen molar-refractivity contribution < 1.29 is 24.2 Å². The number of urea groups is 1. The largest absolute Gasteiger partial charge is 0.481 e. The van der Waals surface area contributed by atoms with Gasteiger partial charge in [-0.25, -0.2) is 4.79 Å². The fraction of sp³-hybridized carbons (Fsp3) is 0.846. The Kier molecular flexibility index (Phi) is 5.19. The van der Waals surface area contributed by atoms with E-state index in [1.165, 1.54) is 0 Å². The molecule has 2 fully saturated rings. The van der Waals surface area contributed by atoms with E-state index in [2.05, 4.69) is 10.6 Å². The lowest BCUT2D eigenvalue weighted by Crippen LogP contribution is -2.56. The minimum Gasteiger partial charge on any atom is -0.481 e. The van der Waals surface area contributed by atoms with Crippen LogP contribution in [0.4, 0.5) is 4.79 Å². The highest BCUT2D eigenvalue weighted by molar-refractivity contribution is 5.76. The van der Waals surface area contributed by atoms with E-state index >= 15 is 0 Å². The van der Waals surface area contributed by atoms with E-state index in [4.69, 9.17) is 14.6 Å². The molecule has 2 atom stereocenters. The first-order chi connectivity index (χ1) is 9.60. The third-order valence-corrected chi connectivity index (χ3v) is 3.82. The minimum atomic E-state index is -0.788. The zero-order chi connectivity index (χ0) is 14.5. The summed E-state index contributed by atoms with van der Waals surface area (Å²) in [5, 5.41) is 14.5. The van der Waals surface area contributed by atoms with Crippen LogP contribution < -0.4 is 10.6 Å². The molecule has 0 aromatic heterocycles. The summed E-state index contributed by atoms with van der Waals surface area (Å²) < 4.78 is 10.9. The van der Waals surface area contributed by atoms with Crippen molar-refractivity contribution in [2.24, 2.45) is 5.92 Å². The highest BCUT2D eigenvalue weighted by Crippen LogP contribution is 2.27. The van der Waals surface area contributed by atoms with Crippen molar-refractivity contribution in [2.45, 2.75) is 44.4 Å². The van der Waals surface area contributed by atoms with Crippen molar-refractivity contribution >= 4 is 12.0 Å². The Bertz CT molecular complexity index is 355. The van der Waals surface area contributed by atoms with E-state index < -0.39 is 5.97 Å². The first-order valence-electron chi connectivity index (χ1n) is 7.09. The molecule has 1 heterocycles. The highest BCUT2D eigenvalue weighted by atomic mass is 16.5. The molecule has 2 aliphatic rings. The van der Waals surface area contributed by atoms with Crippen molar-refractivity contribution in [3.63, 3.8) is 0 Å². The zero-order valence-corrected chi connectivity index (χ0v) is 11.6. The predicted octanol–water partition coefficient (Wildman–Crippen LogP) is 0.343. The van der Waals surface area contributed by atoms with Gasteiger partial charge >= 0.3 is 12.0 Å². The number of nitrogens with one attached hydrogen (secondary N) is 2. The first-order valence-corrected chi connectivity index (χ1v) is 7.09. The van der Waals surface area contributed by atoms with Gasteiger partial charge in [-0.2, -0.15) is 0 Å². The molecule has 114 valence electrons. The van der Waals surface area contributed by atoms with Gasteiger partial charge in [-0.15, -0.1) is 0 Å². The molecule has 1 aliphatic carbocycles. The summed E-state index contributed by atoms with van der Waals surface area (Å²) in [5.74, 6) is -1.11. The van der Waals surface area contributed by atoms with E-state index in [0.29, 0.717) is 32.7 Å². The number of aliphatic carboxylic acids is 1. The average molecular weight is 286 g/mol. The Labute approximate surface area is 118 Å².